The summed E-state index contributed by atoms with van der Waals surface area (Å²) in [5.74, 6) is 0.219. The molecule has 1 rings (SSSR count). The van der Waals surface area contributed by atoms with Gasteiger partial charge in [-0.05, 0) is 30.7 Å². The summed E-state index contributed by atoms with van der Waals surface area (Å²) in [5, 5.41) is 12.3. The van der Waals surface area contributed by atoms with Crippen LogP contribution in [0.2, 0.25) is 0 Å². The first-order valence-electron chi connectivity index (χ1n) is 5.25. The van der Waals surface area contributed by atoms with E-state index in [9.17, 15) is 4.79 Å². The van der Waals surface area contributed by atoms with E-state index in [1.54, 1.807) is 24.3 Å². The summed E-state index contributed by atoms with van der Waals surface area (Å²) in [7, 11) is 0. The fraction of sp³-hybridized carbons (Fsp3) is 0.417. The van der Waals surface area contributed by atoms with Gasteiger partial charge in [-0.25, -0.2) is 0 Å². The topological polar surface area (TPSA) is 49.3 Å². The highest BCUT2D eigenvalue weighted by Gasteiger charge is 2.08. The van der Waals surface area contributed by atoms with Crippen LogP contribution in [0, 0.1) is 0 Å². The molecule has 82 valence electrons. The smallest absolute Gasteiger partial charge is 0.141 e. The molecule has 0 fully saturated rings. The van der Waals surface area contributed by atoms with E-state index < -0.39 is 0 Å². The molecule has 3 heteroatoms. The van der Waals surface area contributed by atoms with Crippen LogP contribution in [0.1, 0.15) is 31.4 Å². The van der Waals surface area contributed by atoms with E-state index in [0.29, 0.717) is 0 Å². The lowest BCUT2D eigenvalue weighted by molar-refractivity contribution is -0.109. The van der Waals surface area contributed by atoms with Crippen LogP contribution in [0.5, 0.6) is 5.75 Å². The first-order valence-corrected chi connectivity index (χ1v) is 5.25. The van der Waals surface area contributed by atoms with Crippen molar-refractivity contribution in [1.29, 1.82) is 0 Å². The summed E-state index contributed by atoms with van der Waals surface area (Å²) in [4.78, 5) is 10.9. The van der Waals surface area contributed by atoms with E-state index in [-0.39, 0.29) is 11.8 Å². The van der Waals surface area contributed by atoms with Crippen LogP contribution in [0.4, 0.5) is 0 Å². The van der Waals surface area contributed by atoms with E-state index in [0.717, 1.165) is 31.2 Å². The fourth-order valence-corrected chi connectivity index (χ4v) is 1.36. The number of phenols is 1. The minimum absolute atomic E-state index is 0.219. The molecule has 1 unspecified atom stereocenters. The van der Waals surface area contributed by atoms with E-state index in [2.05, 4.69) is 12.2 Å². The molecule has 0 amide bonds. The molecule has 0 aliphatic heterocycles. The summed E-state index contributed by atoms with van der Waals surface area (Å²) in [6, 6.07) is 6.43. The monoisotopic (exact) mass is 207 g/mol. The Morgan fingerprint density at radius 2 is 2.07 bits per heavy atom. The predicted octanol–water partition coefficient (Wildman–Crippen LogP) is 2.02. The third-order valence-corrected chi connectivity index (χ3v) is 2.28. The number of hydrogen-bond donors (Lipinski definition) is 2. The first kappa shape index (κ1) is 11.7. The van der Waals surface area contributed by atoms with Gasteiger partial charge in [-0.2, -0.15) is 0 Å². The molecule has 0 aliphatic rings. The predicted molar refractivity (Wildman–Crippen MR) is 59.8 cm³/mol. The molecule has 0 bridgehead atoms. The van der Waals surface area contributed by atoms with E-state index in [1.165, 1.54) is 0 Å². The van der Waals surface area contributed by atoms with Gasteiger partial charge < -0.3 is 15.2 Å². The Morgan fingerprint density at radius 3 is 2.60 bits per heavy atom. The molecule has 0 saturated heterocycles. The molecule has 2 N–H and O–H groups in total. The van der Waals surface area contributed by atoms with Gasteiger partial charge in [0.2, 0.25) is 0 Å². The van der Waals surface area contributed by atoms with Crippen LogP contribution in [-0.2, 0) is 4.79 Å². The molecule has 0 aliphatic carbocycles. The van der Waals surface area contributed by atoms with Gasteiger partial charge in [0.1, 0.15) is 12.0 Å². The highest BCUT2D eigenvalue weighted by atomic mass is 16.3. The second-order valence-electron chi connectivity index (χ2n) is 3.51. The maximum Gasteiger partial charge on any atom is 0.141 e. The molecule has 0 heterocycles. The fourth-order valence-electron chi connectivity index (χ4n) is 1.36. The minimum Gasteiger partial charge on any atom is -0.508 e. The van der Waals surface area contributed by atoms with Crippen molar-refractivity contribution >= 4 is 6.29 Å². The Balaban J connectivity index is 2.57. The summed E-state index contributed by atoms with van der Waals surface area (Å²) in [5.41, 5.74) is 0.888. The number of aldehydes is 1. The number of nitrogens with one attached hydrogen (secondary N) is 1. The van der Waals surface area contributed by atoms with Crippen molar-refractivity contribution in [1.82, 2.24) is 5.32 Å². The molecule has 0 aromatic heterocycles. The van der Waals surface area contributed by atoms with E-state index >= 15 is 0 Å². The number of carbonyl (C=O) groups is 1. The molecule has 0 radical (unpaired) electrons. The molecule has 0 saturated carbocycles. The Kier molecular flexibility index (Phi) is 4.84. The number of unbranched alkanes of at least 4 members (excludes halogenated alkanes) is 1. The standard InChI is InChI=1S/C12H17NO2/c1-2-3-8-13-12(9-14)10-4-6-11(15)7-5-10/h4-7,9,12-13,15H,2-3,8H2,1H3. The van der Waals surface area contributed by atoms with Crippen LogP contribution in [0.15, 0.2) is 24.3 Å². The van der Waals surface area contributed by atoms with Crippen LogP contribution in [0.25, 0.3) is 0 Å². The minimum atomic E-state index is -0.267. The molecule has 1 atom stereocenters. The van der Waals surface area contributed by atoms with Gasteiger partial charge in [0.25, 0.3) is 0 Å². The number of aromatic hydroxyl groups is 1. The zero-order chi connectivity index (χ0) is 11.1. The Hall–Kier alpha value is -1.35. The normalized spacial score (nSPS) is 12.3. The van der Waals surface area contributed by atoms with Crippen molar-refractivity contribution in [2.75, 3.05) is 6.54 Å². The van der Waals surface area contributed by atoms with E-state index in [1.807, 2.05) is 0 Å². The number of carbonyl (C=O) groups excluding carboxylic acids is 1. The van der Waals surface area contributed by atoms with Gasteiger partial charge in [-0.3, -0.25) is 0 Å². The third-order valence-electron chi connectivity index (χ3n) is 2.28. The van der Waals surface area contributed by atoms with Gasteiger partial charge in [0, 0.05) is 0 Å². The lowest BCUT2D eigenvalue weighted by Gasteiger charge is -2.12. The van der Waals surface area contributed by atoms with Crippen LogP contribution in [-0.4, -0.2) is 17.9 Å². The lowest BCUT2D eigenvalue weighted by Crippen LogP contribution is -2.23. The molecular weight excluding hydrogens is 190 g/mol. The highest BCUT2D eigenvalue weighted by molar-refractivity contribution is 5.61. The number of hydrogen-bond acceptors (Lipinski definition) is 3. The van der Waals surface area contributed by atoms with Gasteiger partial charge in [-0.1, -0.05) is 25.5 Å². The number of benzene rings is 1. The molecule has 1 aromatic rings. The molecule has 3 nitrogen and oxygen atoms in total. The lowest BCUT2D eigenvalue weighted by atomic mass is 10.1. The van der Waals surface area contributed by atoms with Gasteiger partial charge in [0.05, 0.1) is 6.04 Å². The first-order chi connectivity index (χ1) is 7.27. The van der Waals surface area contributed by atoms with Gasteiger partial charge in [-0.15, -0.1) is 0 Å². The largest absolute Gasteiger partial charge is 0.508 e. The van der Waals surface area contributed by atoms with Gasteiger partial charge >= 0.3 is 0 Å². The van der Waals surface area contributed by atoms with Crippen molar-refractivity contribution < 1.29 is 9.90 Å². The Morgan fingerprint density at radius 1 is 1.40 bits per heavy atom. The van der Waals surface area contributed by atoms with Crippen LogP contribution >= 0.6 is 0 Å². The second kappa shape index (κ2) is 6.19. The van der Waals surface area contributed by atoms with E-state index in [4.69, 9.17) is 5.11 Å². The van der Waals surface area contributed by atoms with Crippen molar-refractivity contribution in [3.8, 4) is 5.75 Å². The van der Waals surface area contributed by atoms with Crippen molar-refractivity contribution in [2.24, 2.45) is 0 Å². The quantitative estimate of drug-likeness (QED) is 0.554. The second-order valence-corrected chi connectivity index (χ2v) is 3.51. The third kappa shape index (κ3) is 3.72. The van der Waals surface area contributed by atoms with Gasteiger partial charge in [0.15, 0.2) is 0 Å². The van der Waals surface area contributed by atoms with Crippen LogP contribution in [0.3, 0.4) is 0 Å². The zero-order valence-electron chi connectivity index (χ0n) is 8.94. The maximum atomic E-state index is 10.9. The van der Waals surface area contributed by atoms with Crippen LogP contribution < -0.4 is 5.32 Å². The molecule has 15 heavy (non-hydrogen) atoms. The SMILES string of the molecule is CCCCNC(C=O)c1ccc(O)cc1. The molecular formula is C12H17NO2. The van der Waals surface area contributed by atoms with Crippen molar-refractivity contribution in [2.45, 2.75) is 25.8 Å². The number of rotatable bonds is 6. The summed E-state index contributed by atoms with van der Waals surface area (Å²) >= 11 is 0. The zero-order valence-corrected chi connectivity index (χ0v) is 8.94. The van der Waals surface area contributed by atoms with Crippen molar-refractivity contribution in [3.63, 3.8) is 0 Å². The Bertz CT molecular complexity index is 295. The maximum absolute atomic E-state index is 10.9. The van der Waals surface area contributed by atoms with Crippen molar-refractivity contribution in [3.05, 3.63) is 29.8 Å². The molecule has 0 spiro atoms. The number of phenolic OH excluding ortho intramolecular Hbond substituents is 1. The Labute approximate surface area is 90.1 Å². The average molecular weight is 207 g/mol. The summed E-state index contributed by atoms with van der Waals surface area (Å²) in [6.07, 6.45) is 3.05. The average Bonchev–Trinajstić information content (AvgIpc) is 2.26. The summed E-state index contributed by atoms with van der Waals surface area (Å²) < 4.78 is 0. The highest BCUT2D eigenvalue weighted by Crippen LogP contribution is 2.15. The molecule has 1 aromatic carbocycles. The summed E-state index contributed by atoms with van der Waals surface area (Å²) in [6.45, 7) is 2.94.